The van der Waals surface area contributed by atoms with Gasteiger partial charge < -0.3 is 15.3 Å². The minimum Gasteiger partial charge on any atom is -0.508 e. The Morgan fingerprint density at radius 2 is 2.00 bits per heavy atom. The molecule has 0 saturated heterocycles. The fourth-order valence-electron chi connectivity index (χ4n) is 7.22. The smallest absolute Gasteiger partial charge is 0.161 e. The van der Waals surface area contributed by atoms with Gasteiger partial charge in [0.1, 0.15) is 12.4 Å². The van der Waals surface area contributed by atoms with E-state index < -0.39 is 6.10 Å². The third kappa shape index (κ3) is 2.30. The molecule has 4 heteroatoms. The predicted molar refractivity (Wildman–Crippen MR) is 94.7 cm³/mol. The first-order valence-corrected chi connectivity index (χ1v) is 9.73. The average molecular weight is 346 g/mol. The van der Waals surface area contributed by atoms with Crippen molar-refractivity contribution in [3.63, 3.8) is 0 Å². The maximum Gasteiger partial charge on any atom is 0.161 e. The van der Waals surface area contributed by atoms with Crippen molar-refractivity contribution < 1.29 is 20.1 Å². The molecule has 0 aromatic heterocycles. The van der Waals surface area contributed by atoms with Crippen LogP contribution in [0.1, 0.15) is 46.0 Å². The molecule has 0 aliphatic heterocycles. The number of rotatable bonds is 2. The predicted octanol–water partition coefficient (Wildman–Crippen LogP) is 3.01. The van der Waals surface area contributed by atoms with Crippen LogP contribution in [0.25, 0.3) is 0 Å². The molecule has 1 unspecified atom stereocenters. The van der Waals surface area contributed by atoms with Crippen molar-refractivity contribution in [1.82, 2.24) is 0 Å². The van der Waals surface area contributed by atoms with Crippen molar-refractivity contribution >= 4 is 5.78 Å². The zero-order chi connectivity index (χ0) is 18.0. The molecule has 0 heterocycles. The van der Waals surface area contributed by atoms with Gasteiger partial charge in [0.15, 0.2) is 5.78 Å². The van der Waals surface area contributed by atoms with Crippen LogP contribution in [0.2, 0.25) is 0 Å². The van der Waals surface area contributed by atoms with E-state index in [1.807, 2.05) is 6.08 Å². The van der Waals surface area contributed by atoms with E-state index in [0.717, 1.165) is 25.7 Å². The highest BCUT2D eigenvalue weighted by atomic mass is 16.3. The SMILES string of the molecule is C[C@]12C[C@H](O)[C@H]3[C@@H](CCC4C=C(O)C=C[C@@]43C)[C@@H]1CC[C@@H]2C(=O)CO. The molecule has 3 fully saturated rings. The summed E-state index contributed by atoms with van der Waals surface area (Å²) < 4.78 is 0. The van der Waals surface area contributed by atoms with Crippen LogP contribution >= 0.6 is 0 Å². The zero-order valence-electron chi connectivity index (χ0n) is 15.2. The number of ketones is 1. The number of allylic oxidation sites excluding steroid dienone is 3. The molecule has 3 saturated carbocycles. The van der Waals surface area contributed by atoms with Crippen molar-refractivity contribution in [1.29, 1.82) is 0 Å². The van der Waals surface area contributed by atoms with Gasteiger partial charge in [-0.1, -0.05) is 19.9 Å². The molecule has 0 bridgehead atoms. The first kappa shape index (κ1) is 17.3. The van der Waals surface area contributed by atoms with Crippen LogP contribution in [0.4, 0.5) is 0 Å². The fourth-order valence-corrected chi connectivity index (χ4v) is 7.22. The molecule has 4 rings (SSSR count). The number of carbonyl (C=O) groups is 1. The highest BCUT2D eigenvalue weighted by Crippen LogP contribution is 2.66. The summed E-state index contributed by atoms with van der Waals surface area (Å²) in [5.74, 6) is 1.46. The summed E-state index contributed by atoms with van der Waals surface area (Å²) in [6.07, 6.45) is 9.98. The molecule has 0 amide bonds. The summed E-state index contributed by atoms with van der Waals surface area (Å²) in [5.41, 5.74) is -0.324. The van der Waals surface area contributed by atoms with Crippen LogP contribution in [0.3, 0.4) is 0 Å². The van der Waals surface area contributed by atoms with Gasteiger partial charge >= 0.3 is 0 Å². The third-order valence-electron chi connectivity index (χ3n) is 8.31. The molecule has 0 aromatic rings. The van der Waals surface area contributed by atoms with Gasteiger partial charge in [0.2, 0.25) is 0 Å². The van der Waals surface area contributed by atoms with Gasteiger partial charge in [0.25, 0.3) is 0 Å². The van der Waals surface area contributed by atoms with Crippen LogP contribution in [0.5, 0.6) is 0 Å². The topological polar surface area (TPSA) is 77.8 Å². The summed E-state index contributed by atoms with van der Waals surface area (Å²) in [5, 5.41) is 30.4. The molecule has 0 spiro atoms. The van der Waals surface area contributed by atoms with E-state index in [1.165, 1.54) is 0 Å². The van der Waals surface area contributed by atoms with E-state index in [4.69, 9.17) is 0 Å². The molecule has 8 atom stereocenters. The van der Waals surface area contributed by atoms with Crippen molar-refractivity contribution in [2.75, 3.05) is 6.61 Å². The van der Waals surface area contributed by atoms with Gasteiger partial charge in [-0.05, 0) is 78.8 Å². The van der Waals surface area contributed by atoms with Gasteiger partial charge in [-0.3, -0.25) is 4.79 Å². The van der Waals surface area contributed by atoms with E-state index >= 15 is 0 Å². The van der Waals surface area contributed by atoms with E-state index in [2.05, 4.69) is 19.9 Å². The molecule has 4 nitrogen and oxygen atoms in total. The van der Waals surface area contributed by atoms with Crippen molar-refractivity contribution in [2.45, 2.75) is 52.1 Å². The Labute approximate surface area is 149 Å². The summed E-state index contributed by atoms with van der Waals surface area (Å²) in [7, 11) is 0. The molecular formula is C21H30O4. The van der Waals surface area contributed by atoms with Gasteiger partial charge in [0, 0.05) is 5.92 Å². The molecule has 0 radical (unpaired) electrons. The van der Waals surface area contributed by atoms with E-state index in [9.17, 15) is 20.1 Å². The maximum absolute atomic E-state index is 12.3. The lowest BCUT2D eigenvalue weighted by Gasteiger charge is -2.60. The second-order valence-corrected chi connectivity index (χ2v) is 9.30. The largest absolute Gasteiger partial charge is 0.508 e. The summed E-state index contributed by atoms with van der Waals surface area (Å²) in [4.78, 5) is 12.3. The number of fused-ring (bicyclic) bond motifs is 5. The van der Waals surface area contributed by atoms with E-state index in [-0.39, 0.29) is 41.0 Å². The number of hydrogen-bond acceptors (Lipinski definition) is 4. The lowest BCUT2D eigenvalue weighted by Crippen LogP contribution is -2.57. The number of carbonyl (C=O) groups excluding carboxylic acids is 1. The van der Waals surface area contributed by atoms with Crippen LogP contribution < -0.4 is 0 Å². The highest BCUT2D eigenvalue weighted by molar-refractivity contribution is 5.83. The molecule has 4 aliphatic carbocycles. The van der Waals surface area contributed by atoms with Gasteiger partial charge in [-0.25, -0.2) is 0 Å². The van der Waals surface area contributed by atoms with Crippen molar-refractivity contribution in [2.24, 2.45) is 40.4 Å². The first-order chi connectivity index (χ1) is 11.8. The summed E-state index contributed by atoms with van der Waals surface area (Å²) in [6.45, 7) is 4.01. The van der Waals surface area contributed by atoms with Crippen LogP contribution in [-0.2, 0) is 4.79 Å². The number of Topliss-reactive ketones (excluding diaryl/α,β-unsaturated/α-hetero) is 1. The van der Waals surface area contributed by atoms with Gasteiger partial charge in [-0.2, -0.15) is 0 Å². The average Bonchev–Trinajstić information content (AvgIpc) is 2.91. The quantitative estimate of drug-likeness (QED) is 0.718. The Hall–Kier alpha value is -1.13. The Kier molecular flexibility index (Phi) is 3.93. The minimum absolute atomic E-state index is 0.0547. The van der Waals surface area contributed by atoms with Crippen LogP contribution in [0, 0.1) is 40.4 Å². The maximum atomic E-state index is 12.3. The Balaban J connectivity index is 1.69. The van der Waals surface area contributed by atoms with E-state index in [1.54, 1.807) is 6.08 Å². The molecule has 0 aromatic carbocycles. The molecule has 4 aliphatic rings. The summed E-state index contributed by atoms with van der Waals surface area (Å²) in [6, 6.07) is 0. The van der Waals surface area contributed by atoms with Crippen molar-refractivity contribution in [3.05, 3.63) is 24.0 Å². The Bertz CT molecular complexity index is 638. The molecular weight excluding hydrogens is 316 g/mol. The summed E-state index contributed by atoms with van der Waals surface area (Å²) >= 11 is 0. The lowest BCUT2D eigenvalue weighted by molar-refractivity contribution is -0.150. The van der Waals surface area contributed by atoms with Gasteiger partial charge in [0.05, 0.1) is 6.10 Å². The molecule has 25 heavy (non-hydrogen) atoms. The highest BCUT2D eigenvalue weighted by Gasteiger charge is 2.62. The number of aliphatic hydroxyl groups is 3. The lowest BCUT2D eigenvalue weighted by atomic mass is 9.45. The van der Waals surface area contributed by atoms with E-state index in [0.29, 0.717) is 24.0 Å². The Morgan fingerprint density at radius 3 is 2.72 bits per heavy atom. The molecule has 138 valence electrons. The monoisotopic (exact) mass is 346 g/mol. The second-order valence-electron chi connectivity index (χ2n) is 9.30. The first-order valence-electron chi connectivity index (χ1n) is 9.73. The second kappa shape index (κ2) is 5.68. The normalized spacial score (nSPS) is 51.3. The molecule has 3 N–H and O–H groups in total. The minimum atomic E-state index is -0.440. The third-order valence-corrected chi connectivity index (χ3v) is 8.31. The number of hydrogen-bond donors (Lipinski definition) is 3. The number of aliphatic hydroxyl groups excluding tert-OH is 3. The van der Waals surface area contributed by atoms with Gasteiger partial charge in [-0.15, -0.1) is 0 Å². The zero-order valence-corrected chi connectivity index (χ0v) is 15.2. The standard InChI is InChI=1S/C21H30O4/c1-20-8-7-13(23)9-12(20)3-4-14-15-5-6-16(18(25)11-22)21(15,2)10-17(24)19(14)20/h7-9,12,14-17,19,22-24H,3-6,10-11H2,1-2H3/t12?,14-,15-,16+,17-,19+,20-,21-/m0/s1. The Morgan fingerprint density at radius 1 is 1.24 bits per heavy atom. The fraction of sp³-hybridized carbons (Fsp3) is 0.762. The van der Waals surface area contributed by atoms with Crippen LogP contribution in [-0.4, -0.2) is 33.8 Å². The van der Waals surface area contributed by atoms with Crippen molar-refractivity contribution in [3.8, 4) is 0 Å². The van der Waals surface area contributed by atoms with Crippen LogP contribution in [0.15, 0.2) is 24.0 Å².